The van der Waals surface area contributed by atoms with E-state index in [1.807, 2.05) is 31.2 Å². The number of nitrogens with zero attached hydrogens (tertiary/aromatic N) is 1. The molecular weight excluding hydrogens is 416 g/mol. The maximum atomic E-state index is 12.6. The topological polar surface area (TPSA) is 84.9 Å². The van der Waals surface area contributed by atoms with Gasteiger partial charge in [-0.25, -0.2) is 8.42 Å². The minimum absolute atomic E-state index is 0.196. The summed E-state index contributed by atoms with van der Waals surface area (Å²) in [5, 5.41) is 3.03. The van der Waals surface area contributed by atoms with Crippen molar-refractivity contribution >= 4 is 33.2 Å². The molecule has 0 radical (unpaired) electrons. The fourth-order valence-electron chi connectivity index (χ4n) is 2.81. The molecule has 0 unspecified atom stereocenters. The minimum Gasteiger partial charge on any atom is -0.495 e. The number of sulfonamides is 1. The molecule has 2 aromatic carbocycles. The van der Waals surface area contributed by atoms with Gasteiger partial charge in [0.15, 0.2) is 0 Å². The number of carbonyl (C=O) groups is 1. The van der Waals surface area contributed by atoms with E-state index in [-0.39, 0.29) is 18.8 Å². The van der Waals surface area contributed by atoms with Crippen molar-refractivity contribution in [3.05, 3.63) is 53.1 Å². The smallest absolute Gasteiger partial charge is 0.243 e. The molecule has 0 aromatic heterocycles. The van der Waals surface area contributed by atoms with Crippen LogP contribution in [0.5, 0.6) is 11.5 Å². The molecule has 0 saturated heterocycles. The van der Waals surface area contributed by atoms with Gasteiger partial charge in [-0.3, -0.25) is 9.10 Å². The first-order valence-electron chi connectivity index (χ1n) is 8.93. The van der Waals surface area contributed by atoms with Crippen LogP contribution in [0.2, 0.25) is 5.02 Å². The number of methoxy groups -OCH3 is 1. The first-order chi connectivity index (χ1) is 13.6. The zero-order chi connectivity index (χ0) is 21.6. The zero-order valence-electron chi connectivity index (χ0n) is 16.8. The Labute approximate surface area is 176 Å². The number of hydrogen-bond acceptors (Lipinski definition) is 5. The number of nitrogens with one attached hydrogen (secondary N) is 1. The average Bonchev–Trinajstić information content (AvgIpc) is 2.64. The molecule has 0 bridgehead atoms. The van der Waals surface area contributed by atoms with E-state index in [1.54, 1.807) is 12.1 Å². The first kappa shape index (κ1) is 22.8. The van der Waals surface area contributed by atoms with Crippen molar-refractivity contribution < 1.29 is 22.7 Å². The predicted molar refractivity (Wildman–Crippen MR) is 114 cm³/mol. The highest BCUT2D eigenvalue weighted by Crippen LogP contribution is 2.34. The van der Waals surface area contributed by atoms with Crippen LogP contribution in [-0.2, 0) is 14.8 Å². The SMILES string of the molecule is COc1ccc(Cl)cc1N([C@H](C)C(=O)NCCOc1cccc(C)c1)S(C)(=O)=O. The second kappa shape index (κ2) is 9.84. The number of benzene rings is 2. The fraction of sp³-hybridized carbons (Fsp3) is 0.350. The van der Waals surface area contributed by atoms with Crippen molar-refractivity contribution in [1.29, 1.82) is 0 Å². The molecule has 158 valence electrons. The van der Waals surface area contributed by atoms with Gasteiger partial charge in [-0.1, -0.05) is 23.7 Å². The van der Waals surface area contributed by atoms with Gasteiger partial charge in [-0.15, -0.1) is 0 Å². The van der Waals surface area contributed by atoms with E-state index >= 15 is 0 Å². The quantitative estimate of drug-likeness (QED) is 0.606. The molecule has 0 aliphatic carbocycles. The molecule has 0 saturated carbocycles. The Kier molecular flexibility index (Phi) is 7.75. The van der Waals surface area contributed by atoms with Gasteiger partial charge in [0.1, 0.15) is 24.1 Å². The van der Waals surface area contributed by atoms with Crippen LogP contribution < -0.4 is 19.1 Å². The highest BCUT2D eigenvalue weighted by Gasteiger charge is 2.31. The van der Waals surface area contributed by atoms with Crippen LogP contribution >= 0.6 is 11.6 Å². The molecule has 0 heterocycles. The van der Waals surface area contributed by atoms with Crippen LogP contribution in [0.1, 0.15) is 12.5 Å². The van der Waals surface area contributed by atoms with Gasteiger partial charge in [0, 0.05) is 5.02 Å². The maximum absolute atomic E-state index is 12.6. The van der Waals surface area contributed by atoms with Gasteiger partial charge < -0.3 is 14.8 Å². The number of ether oxygens (including phenoxy) is 2. The number of aryl methyl sites for hydroxylation is 1. The second-order valence-electron chi connectivity index (χ2n) is 6.51. The second-order valence-corrected chi connectivity index (χ2v) is 8.80. The third-order valence-corrected chi connectivity index (χ3v) is 5.59. The standard InChI is InChI=1S/C20H25ClN2O5S/c1-14-6-5-7-17(12-14)28-11-10-22-20(24)15(2)23(29(4,25)26)18-13-16(21)8-9-19(18)27-3/h5-9,12-13,15H,10-11H2,1-4H3,(H,22,24)/t15-/m1/s1. The summed E-state index contributed by atoms with van der Waals surface area (Å²) in [6.45, 7) is 3.93. The summed E-state index contributed by atoms with van der Waals surface area (Å²) in [6, 6.07) is 11.1. The van der Waals surface area contributed by atoms with Crippen LogP contribution in [0, 0.1) is 6.92 Å². The highest BCUT2D eigenvalue weighted by molar-refractivity contribution is 7.92. The summed E-state index contributed by atoms with van der Waals surface area (Å²) < 4.78 is 36.7. The molecule has 0 spiro atoms. The Morgan fingerprint density at radius 2 is 1.97 bits per heavy atom. The molecular formula is C20H25ClN2O5S. The van der Waals surface area contributed by atoms with Gasteiger partial charge in [0.25, 0.3) is 0 Å². The van der Waals surface area contributed by atoms with E-state index in [4.69, 9.17) is 21.1 Å². The molecule has 29 heavy (non-hydrogen) atoms. The van der Waals surface area contributed by atoms with Crippen LogP contribution in [0.25, 0.3) is 0 Å². The van der Waals surface area contributed by atoms with Crippen molar-refractivity contribution in [2.24, 2.45) is 0 Å². The number of amides is 1. The monoisotopic (exact) mass is 440 g/mol. The van der Waals surface area contributed by atoms with Crippen LogP contribution in [0.3, 0.4) is 0 Å². The third kappa shape index (κ3) is 6.27. The number of carbonyl (C=O) groups excluding carboxylic acids is 1. The maximum Gasteiger partial charge on any atom is 0.243 e. The Balaban J connectivity index is 2.08. The summed E-state index contributed by atoms with van der Waals surface area (Å²) in [5.74, 6) is 0.529. The zero-order valence-corrected chi connectivity index (χ0v) is 18.4. The lowest BCUT2D eigenvalue weighted by Crippen LogP contribution is -2.48. The van der Waals surface area contributed by atoms with E-state index in [1.165, 1.54) is 20.1 Å². The molecule has 0 aliphatic rings. The largest absolute Gasteiger partial charge is 0.495 e. The number of hydrogen-bond donors (Lipinski definition) is 1. The van der Waals surface area contributed by atoms with Gasteiger partial charge in [0.2, 0.25) is 15.9 Å². The molecule has 1 N–H and O–H groups in total. The summed E-state index contributed by atoms with van der Waals surface area (Å²) in [6.07, 6.45) is 1.03. The van der Waals surface area contributed by atoms with Gasteiger partial charge in [-0.05, 0) is 49.7 Å². The Hall–Kier alpha value is -2.45. The minimum atomic E-state index is -3.79. The highest BCUT2D eigenvalue weighted by atomic mass is 35.5. The van der Waals surface area contributed by atoms with E-state index in [0.717, 1.165) is 16.1 Å². The van der Waals surface area contributed by atoms with Gasteiger partial charge in [0.05, 0.1) is 25.6 Å². The molecule has 2 aromatic rings. The lowest BCUT2D eigenvalue weighted by Gasteiger charge is -2.29. The van der Waals surface area contributed by atoms with Crippen molar-refractivity contribution in [2.45, 2.75) is 19.9 Å². The summed E-state index contributed by atoms with van der Waals surface area (Å²) in [5.41, 5.74) is 1.26. The van der Waals surface area contributed by atoms with E-state index < -0.39 is 22.0 Å². The van der Waals surface area contributed by atoms with Crippen molar-refractivity contribution in [2.75, 3.05) is 30.8 Å². The number of anilines is 1. The fourth-order valence-corrected chi connectivity index (χ4v) is 4.15. The number of rotatable bonds is 9. The van der Waals surface area contributed by atoms with E-state index in [0.29, 0.717) is 16.5 Å². The molecule has 9 heteroatoms. The molecule has 1 atom stereocenters. The summed E-state index contributed by atoms with van der Waals surface area (Å²) >= 11 is 6.03. The lowest BCUT2D eigenvalue weighted by molar-refractivity contribution is -0.121. The van der Waals surface area contributed by atoms with Crippen LogP contribution in [0.15, 0.2) is 42.5 Å². The molecule has 0 fully saturated rings. The first-order valence-corrected chi connectivity index (χ1v) is 11.2. The van der Waals surface area contributed by atoms with Gasteiger partial charge >= 0.3 is 0 Å². The number of halogens is 1. The third-order valence-electron chi connectivity index (χ3n) is 4.13. The van der Waals surface area contributed by atoms with Gasteiger partial charge in [-0.2, -0.15) is 0 Å². The normalized spacial score (nSPS) is 12.2. The summed E-state index contributed by atoms with van der Waals surface area (Å²) in [7, 11) is -2.37. The molecule has 1 amide bonds. The Morgan fingerprint density at radius 3 is 2.59 bits per heavy atom. The van der Waals surface area contributed by atoms with Crippen molar-refractivity contribution in [1.82, 2.24) is 5.32 Å². The predicted octanol–water partition coefficient (Wildman–Crippen LogP) is 3.01. The van der Waals surface area contributed by atoms with Crippen LogP contribution in [0.4, 0.5) is 5.69 Å². The van der Waals surface area contributed by atoms with Crippen molar-refractivity contribution in [3.63, 3.8) is 0 Å². The van der Waals surface area contributed by atoms with Crippen LogP contribution in [-0.4, -0.2) is 46.9 Å². The van der Waals surface area contributed by atoms with Crippen molar-refractivity contribution in [3.8, 4) is 11.5 Å². The molecule has 0 aliphatic heterocycles. The van der Waals surface area contributed by atoms with E-state index in [9.17, 15) is 13.2 Å². The van der Waals surface area contributed by atoms with E-state index in [2.05, 4.69) is 5.32 Å². The lowest BCUT2D eigenvalue weighted by atomic mass is 10.2. The average molecular weight is 441 g/mol. The summed E-state index contributed by atoms with van der Waals surface area (Å²) in [4.78, 5) is 12.6. The molecule has 7 nitrogen and oxygen atoms in total. The Morgan fingerprint density at radius 1 is 1.24 bits per heavy atom. The Bertz CT molecular complexity index is 965. The molecule has 2 rings (SSSR count).